The Labute approximate surface area is 249 Å². The number of rotatable bonds is 8. The number of phenolic OH excluding ortho intramolecular Hbond substituents is 1. The Kier molecular flexibility index (Phi) is 6.99. The van der Waals surface area contributed by atoms with Crippen LogP contribution in [0.3, 0.4) is 0 Å². The molecular weight excluding hydrogens is 520 g/mol. The summed E-state index contributed by atoms with van der Waals surface area (Å²) in [4.78, 5) is 15.5. The van der Waals surface area contributed by atoms with E-state index in [-0.39, 0.29) is 17.6 Å². The number of benzene rings is 3. The third kappa shape index (κ3) is 4.58. The van der Waals surface area contributed by atoms with Crippen LogP contribution < -0.4 is 5.32 Å². The molecule has 4 aliphatic rings. The van der Waals surface area contributed by atoms with E-state index in [1.54, 1.807) is 0 Å². The second-order valence-corrected chi connectivity index (χ2v) is 13.1. The molecule has 1 heterocycles. The van der Waals surface area contributed by atoms with Crippen LogP contribution in [0.15, 0.2) is 72.8 Å². The second-order valence-electron chi connectivity index (χ2n) is 13.1. The highest BCUT2D eigenvalue weighted by atomic mass is 16.3. The van der Waals surface area contributed by atoms with E-state index in [0.29, 0.717) is 25.7 Å². The highest BCUT2D eigenvalue weighted by molar-refractivity contribution is 5.83. The number of ketones is 1. The molecule has 3 aromatic carbocycles. The van der Waals surface area contributed by atoms with Gasteiger partial charge in [0.1, 0.15) is 11.5 Å². The number of allylic oxidation sites excluding steroid dienone is 1. The fourth-order valence-corrected chi connectivity index (χ4v) is 8.26. The number of aliphatic hydroxyl groups is 1. The average molecular weight is 563 g/mol. The predicted octanol–water partition coefficient (Wildman–Crippen LogP) is 6.01. The minimum absolute atomic E-state index is 0.00490. The Bertz CT molecular complexity index is 1510. The lowest BCUT2D eigenvalue weighted by atomic mass is 9.49. The van der Waals surface area contributed by atoms with Crippen LogP contribution in [0.1, 0.15) is 67.7 Å². The third-order valence-electron chi connectivity index (χ3n) is 10.6. The predicted molar refractivity (Wildman–Crippen MR) is 167 cm³/mol. The van der Waals surface area contributed by atoms with E-state index in [9.17, 15) is 15.0 Å². The summed E-state index contributed by atoms with van der Waals surface area (Å²) in [5.41, 5.74) is 5.52. The lowest BCUT2D eigenvalue weighted by molar-refractivity contribution is -0.173. The van der Waals surface area contributed by atoms with E-state index in [1.165, 1.54) is 29.5 Å². The van der Waals surface area contributed by atoms with Crippen molar-refractivity contribution in [3.05, 3.63) is 95.1 Å². The first-order chi connectivity index (χ1) is 20.4. The van der Waals surface area contributed by atoms with Crippen LogP contribution in [0.4, 0.5) is 0 Å². The number of piperidine rings is 1. The first-order valence-corrected chi connectivity index (χ1v) is 15.8. The Morgan fingerprint density at radius 3 is 2.52 bits per heavy atom. The summed E-state index contributed by atoms with van der Waals surface area (Å²) in [6, 6.07) is 23.3. The van der Waals surface area contributed by atoms with Gasteiger partial charge in [-0.2, -0.15) is 0 Å². The molecular formula is C37H42N2O3. The first kappa shape index (κ1) is 27.4. The zero-order valence-electron chi connectivity index (χ0n) is 24.6. The van der Waals surface area contributed by atoms with Gasteiger partial charge in [0.15, 0.2) is 0 Å². The fourth-order valence-electron chi connectivity index (χ4n) is 8.26. The number of likely N-dealkylation sites (tertiary alicyclic amines) is 1. The van der Waals surface area contributed by atoms with E-state index in [0.717, 1.165) is 60.8 Å². The van der Waals surface area contributed by atoms with Gasteiger partial charge in [-0.25, -0.2) is 0 Å². The monoisotopic (exact) mass is 562 g/mol. The summed E-state index contributed by atoms with van der Waals surface area (Å²) in [5, 5.41) is 28.0. The molecule has 7 rings (SSSR count). The lowest BCUT2D eigenvalue weighted by Crippen LogP contribution is -2.73. The van der Waals surface area contributed by atoms with Crippen molar-refractivity contribution in [2.45, 2.75) is 75.3 Å². The molecule has 1 saturated heterocycles. The van der Waals surface area contributed by atoms with Gasteiger partial charge in [0.05, 0.1) is 5.60 Å². The zero-order chi connectivity index (χ0) is 28.9. The van der Waals surface area contributed by atoms with Crippen molar-refractivity contribution in [3.63, 3.8) is 0 Å². The highest BCUT2D eigenvalue weighted by Gasteiger charge is 2.65. The van der Waals surface area contributed by atoms with Gasteiger partial charge in [-0.1, -0.05) is 66.7 Å². The van der Waals surface area contributed by atoms with Crippen molar-refractivity contribution in [3.8, 4) is 16.9 Å². The van der Waals surface area contributed by atoms with Gasteiger partial charge in [-0.3, -0.25) is 9.69 Å². The first-order valence-electron chi connectivity index (χ1n) is 15.8. The van der Waals surface area contributed by atoms with Crippen LogP contribution >= 0.6 is 0 Å². The van der Waals surface area contributed by atoms with Gasteiger partial charge in [-0.15, -0.1) is 0 Å². The third-order valence-corrected chi connectivity index (χ3v) is 10.6. The summed E-state index contributed by atoms with van der Waals surface area (Å²) in [5.74, 6) is 1.19. The maximum Gasteiger partial charge on any atom is 0.134 e. The number of hydrogen-bond acceptors (Lipinski definition) is 5. The summed E-state index contributed by atoms with van der Waals surface area (Å²) >= 11 is 0. The number of aromatic hydroxyl groups is 1. The molecule has 218 valence electrons. The summed E-state index contributed by atoms with van der Waals surface area (Å²) in [6.07, 6.45) is 8.09. The number of hydrogen-bond donors (Lipinski definition) is 3. The van der Waals surface area contributed by atoms with E-state index in [2.05, 4.69) is 64.8 Å². The highest BCUT2D eigenvalue weighted by Crippen LogP contribution is 2.60. The number of carbonyl (C=O) groups excluding carboxylic acids is 1. The van der Waals surface area contributed by atoms with Crippen molar-refractivity contribution in [2.24, 2.45) is 5.92 Å². The van der Waals surface area contributed by atoms with Crippen molar-refractivity contribution < 1.29 is 15.0 Å². The molecule has 3 fully saturated rings. The number of carbonyl (C=O) groups is 1. The molecule has 1 aliphatic heterocycles. The van der Waals surface area contributed by atoms with Crippen LogP contribution in [-0.2, 0) is 23.1 Å². The molecule has 2 bridgehead atoms. The van der Waals surface area contributed by atoms with E-state index < -0.39 is 11.0 Å². The van der Waals surface area contributed by atoms with Crippen molar-refractivity contribution >= 4 is 11.5 Å². The fraction of sp³-hybridized carbons (Fsp3) is 0.432. The normalized spacial score (nSPS) is 27.3. The molecule has 3 aliphatic carbocycles. The van der Waals surface area contributed by atoms with Gasteiger partial charge < -0.3 is 15.5 Å². The topological polar surface area (TPSA) is 72.8 Å². The minimum Gasteiger partial charge on any atom is -0.507 e. The molecule has 0 aromatic heterocycles. The van der Waals surface area contributed by atoms with Gasteiger partial charge in [0.2, 0.25) is 0 Å². The molecule has 3 N–H and O–H groups in total. The number of nitrogens with zero attached hydrogens (tertiary/aromatic N) is 1. The zero-order valence-corrected chi connectivity index (χ0v) is 24.6. The number of fused-ring (bicyclic) bond motifs is 1. The second kappa shape index (κ2) is 10.7. The quantitative estimate of drug-likeness (QED) is 0.313. The van der Waals surface area contributed by atoms with Gasteiger partial charge >= 0.3 is 0 Å². The number of nitrogens with one attached hydrogen (secondary N) is 1. The molecule has 0 radical (unpaired) electrons. The molecule has 0 spiro atoms. The smallest absolute Gasteiger partial charge is 0.134 e. The average Bonchev–Trinajstić information content (AvgIpc) is 3.82. The van der Waals surface area contributed by atoms with E-state index in [4.69, 9.17) is 0 Å². The van der Waals surface area contributed by atoms with E-state index in [1.807, 2.05) is 25.1 Å². The Morgan fingerprint density at radius 2 is 1.79 bits per heavy atom. The summed E-state index contributed by atoms with van der Waals surface area (Å²) in [7, 11) is 0. The maximum atomic E-state index is 13.0. The minimum atomic E-state index is -0.993. The van der Waals surface area contributed by atoms with E-state index >= 15 is 0 Å². The van der Waals surface area contributed by atoms with Crippen LogP contribution in [0, 0.1) is 5.92 Å². The Morgan fingerprint density at radius 1 is 1.02 bits per heavy atom. The molecule has 5 nitrogen and oxygen atoms in total. The Balaban J connectivity index is 1.13. The molecule has 2 saturated carbocycles. The van der Waals surface area contributed by atoms with Crippen molar-refractivity contribution in [1.82, 2.24) is 10.2 Å². The number of phenols is 1. The van der Waals surface area contributed by atoms with Gasteiger partial charge in [-0.05, 0) is 86.2 Å². The largest absolute Gasteiger partial charge is 0.507 e. The summed E-state index contributed by atoms with van der Waals surface area (Å²) in [6.45, 7) is 4.63. The van der Waals surface area contributed by atoms with Crippen LogP contribution in [0.5, 0.6) is 5.75 Å². The van der Waals surface area contributed by atoms with Crippen molar-refractivity contribution in [2.75, 3.05) is 19.6 Å². The molecule has 3 atom stereocenters. The van der Waals surface area contributed by atoms with Crippen molar-refractivity contribution in [1.29, 1.82) is 0 Å². The molecule has 5 heteroatoms. The Hall–Kier alpha value is -3.41. The van der Waals surface area contributed by atoms with Crippen LogP contribution in [0.25, 0.3) is 16.8 Å². The molecule has 0 amide bonds. The van der Waals surface area contributed by atoms with Crippen LogP contribution in [0.2, 0.25) is 0 Å². The lowest BCUT2D eigenvalue weighted by Gasteiger charge is -2.63. The van der Waals surface area contributed by atoms with Crippen LogP contribution in [-0.4, -0.2) is 52.2 Å². The van der Waals surface area contributed by atoms with Gasteiger partial charge in [0, 0.05) is 54.2 Å². The molecule has 3 aromatic rings. The summed E-state index contributed by atoms with van der Waals surface area (Å²) < 4.78 is 0. The van der Waals surface area contributed by atoms with Gasteiger partial charge in [0.25, 0.3) is 0 Å². The molecule has 0 unspecified atom stereocenters. The SMILES string of the molecule is CC=C(NCCc1ccc(-c2ccccc2)cc1)c1ccc2c(c1O)[C@]13CCN(CC4CC4)[C@H](C2)[C@]1(O)CCC(=O)C3. The maximum absolute atomic E-state index is 13.0. The standard InChI is InChI=1S/C37H42N2O3/c1-2-32(38-20-17-25-10-12-28(13-11-25)27-6-4-3-5-7-27)31-15-14-29-22-33-37(42)18-16-30(40)23-36(37,34(29)35(31)41)19-21-39(33)24-26-8-9-26/h2-7,10-15,26,33,38,41-42H,8-9,16-24H2,1H3/t33-,36-,37-/m1/s1. The number of Topliss-reactive ketones (excluding diaryl/α,β-unsaturated/α-hetero) is 1. The molecule has 42 heavy (non-hydrogen) atoms.